The van der Waals surface area contributed by atoms with Gasteiger partial charge in [-0.1, -0.05) is 19.3 Å². The van der Waals surface area contributed by atoms with E-state index in [1.54, 1.807) is 0 Å². The lowest BCUT2D eigenvalue weighted by molar-refractivity contribution is 0.289. The van der Waals surface area contributed by atoms with E-state index in [-0.39, 0.29) is 0 Å². The predicted molar refractivity (Wildman–Crippen MR) is 64.2 cm³/mol. The second-order valence-corrected chi connectivity index (χ2v) is 4.85. The van der Waals surface area contributed by atoms with Crippen molar-refractivity contribution in [3.8, 4) is 0 Å². The number of nitrogens with two attached hydrogens (primary N) is 1. The number of nitrogens with zero attached hydrogens (tertiary/aromatic N) is 3. The van der Waals surface area contributed by atoms with E-state index in [1.165, 1.54) is 32.1 Å². The van der Waals surface area contributed by atoms with Crippen LogP contribution in [0.15, 0.2) is 0 Å². The fourth-order valence-electron chi connectivity index (χ4n) is 2.81. The zero-order valence-corrected chi connectivity index (χ0v) is 10.3. The zero-order chi connectivity index (χ0) is 11.5. The summed E-state index contributed by atoms with van der Waals surface area (Å²) in [7, 11) is 0. The van der Waals surface area contributed by atoms with Crippen LogP contribution in [0, 0.1) is 19.8 Å². The van der Waals surface area contributed by atoms with E-state index in [0.717, 1.165) is 18.2 Å². The minimum Gasteiger partial charge on any atom is -0.330 e. The van der Waals surface area contributed by atoms with Gasteiger partial charge in [0.15, 0.2) is 0 Å². The molecule has 0 amide bonds. The van der Waals surface area contributed by atoms with Crippen molar-refractivity contribution in [1.82, 2.24) is 14.8 Å². The Bertz CT molecular complexity index is 345. The minimum atomic E-state index is 0.466. The molecule has 1 heterocycles. The van der Waals surface area contributed by atoms with Gasteiger partial charge in [-0.25, -0.2) is 9.67 Å². The molecule has 2 unspecified atom stereocenters. The summed E-state index contributed by atoms with van der Waals surface area (Å²) >= 11 is 0. The molecule has 2 atom stereocenters. The Morgan fingerprint density at radius 1 is 1.25 bits per heavy atom. The van der Waals surface area contributed by atoms with E-state index >= 15 is 0 Å². The van der Waals surface area contributed by atoms with Gasteiger partial charge < -0.3 is 5.73 Å². The molecule has 1 aliphatic carbocycles. The van der Waals surface area contributed by atoms with Crippen molar-refractivity contribution in [1.29, 1.82) is 0 Å². The molecule has 0 saturated heterocycles. The van der Waals surface area contributed by atoms with Gasteiger partial charge in [-0.05, 0) is 39.2 Å². The second kappa shape index (κ2) is 4.95. The van der Waals surface area contributed by atoms with Gasteiger partial charge in [-0.3, -0.25) is 0 Å². The molecule has 1 aromatic rings. The summed E-state index contributed by atoms with van der Waals surface area (Å²) in [4.78, 5) is 4.40. The van der Waals surface area contributed by atoms with Crippen LogP contribution in [0.2, 0.25) is 0 Å². The summed E-state index contributed by atoms with van der Waals surface area (Å²) in [6.45, 7) is 4.76. The Hall–Kier alpha value is -0.900. The first-order chi connectivity index (χ1) is 7.72. The van der Waals surface area contributed by atoms with Crippen molar-refractivity contribution >= 4 is 0 Å². The summed E-state index contributed by atoms with van der Waals surface area (Å²) in [6, 6.07) is 0.466. The van der Waals surface area contributed by atoms with Crippen LogP contribution in [-0.4, -0.2) is 21.3 Å². The monoisotopic (exact) mass is 222 g/mol. The van der Waals surface area contributed by atoms with Crippen LogP contribution >= 0.6 is 0 Å². The number of hydrogen-bond acceptors (Lipinski definition) is 3. The quantitative estimate of drug-likeness (QED) is 0.778. The third-order valence-electron chi connectivity index (χ3n) is 3.64. The van der Waals surface area contributed by atoms with Crippen molar-refractivity contribution in [3.05, 3.63) is 11.6 Å². The fraction of sp³-hybridized carbons (Fsp3) is 0.833. The number of rotatable bonds is 2. The molecule has 0 bridgehead atoms. The minimum absolute atomic E-state index is 0.466. The van der Waals surface area contributed by atoms with E-state index in [9.17, 15) is 0 Å². The van der Waals surface area contributed by atoms with Crippen LogP contribution in [0.1, 0.15) is 49.8 Å². The number of hydrogen-bond donors (Lipinski definition) is 1. The summed E-state index contributed by atoms with van der Waals surface area (Å²) in [6.07, 6.45) is 6.37. The Labute approximate surface area is 97.2 Å². The van der Waals surface area contributed by atoms with E-state index in [1.807, 2.05) is 13.8 Å². The van der Waals surface area contributed by atoms with E-state index in [0.29, 0.717) is 12.0 Å². The lowest BCUT2D eigenvalue weighted by atomic mass is 9.95. The lowest BCUT2D eigenvalue weighted by Crippen LogP contribution is -2.27. The molecule has 1 fully saturated rings. The van der Waals surface area contributed by atoms with E-state index in [4.69, 9.17) is 5.73 Å². The van der Waals surface area contributed by atoms with Gasteiger partial charge >= 0.3 is 0 Å². The molecule has 2 rings (SSSR count). The molecule has 0 aliphatic heterocycles. The highest BCUT2D eigenvalue weighted by Crippen LogP contribution is 2.32. The third kappa shape index (κ3) is 2.26. The summed E-state index contributed by atoms with van der Waals surface area (Å²) in [5.74, 6) is 2.47. The maximum atomic E-state index is 5.90. The van der Waals surface area contributed by atoms with Gasteiger partial charge in [-0.2, -0.15) is 5.10 Å². The van der Waals surface area contributed by atoms with Gasteiger partial charge in [0.2, 0.25) is 0 Å². The highest BCUT2D eigenvalue weighted by Gasteiger charge is 2.26. The van der Waals surface area contributed by atoms with Crippen LogP contribution in [0.3, 0.4) is 0 Å². The van der Waals surface area contributed by atoms with Crippen molar-refractivity contribution in [2.24, 2.45) is 11.7 Å². The average Bonchev–Trinajstić information content (AvgIpc) is 2.51. The first-order valence-electron chi connectivity index (χ1n) is 6.32. The maximum absolute atomic E-state index is 5.90. The largest absolute Gasteiger partial charge is 0.330 e. The Morgan fingerprint density at radius 3 is 2.62 bits per heavy atom. The molecule has 2 N–H and O–H groups in total. The van der Waals surface area contributed by atoms with Crippen molar-refractivity contribution in [3.63, 3.8) is 0 Å². The van der Waals surface area contributed by atoms with Crippen LogP contribution in [0.25, 0.3) is 0 Å². The number of aryl methyl sites for hydroxylation is 2. The SMILES string of the molecule is Cc1nc(C)n(C2CCCCCC2CN)n1. The van der Waals surface area contributed by atoms with Crippen LogP contribution < -0.4 is 5.73 Å². The molecule has 90 valence electrons. The normalized spacial score (nSPS) is 26.7. The standard InChI is InChI=1S/C12H22N4/c1-9-14-10(2)16(15-9)12-7-5-3-4-6-11(12)8-13/h11-12H,3-8,13H2,1-2H3. The molecule has 4 heteroatoms. The lowest BCUT2D eigenvalue weighted by Gasteiger charge is -2.24. The number of aromatic nitrogens is 3. The van der Waals surface area contributed by atoms with Crippen LogP contribution in [-0.2, 0) is 0 Å². The Kier molecular flexibility index (Phi) is 3.59. The van der Waals surface area contributed by atoms with Crippen LogP contribution in [0.5, 0.6) is 0 Å². The van der Waals surface area contributed by atoms with Gasteiger partial charge in [0, 0.05) is 0 Å². The summed E-state index contributed by atoms with van der Waals surface area (Å²) in [5, 5.41) is 4.52. The topological polar surface area (TPSA) is 56.7 Å². The molecule has 16 heavy (non-hydrogen) atoms. The van der Waals surface area contributed by atoms with E-state index in [2.05, 4.69) is 14.8 Å². The highest BCUT2D eigenvalue weighted by molar-refractivity contribution is 4.92. The van der Waals surface area contributed by atoms with Crippen molar-refractivity contribution in [2.45, 2.75) is 52.0 Å². The molecule has 0 spiro atoms. The first kappa shape index (κ1) is 11.6. The first-order valence-corrected chi connectivity index (χ1v) is 6.32. The molecule has 1 aliphatic rings. The van der Waals surface area contributed by atoms with Gasteiger partial charge in [0.05, 0.1) is 6.04 Å². The Balaban J connectivity index is 2.24. The molecule has 0 aromatic carbocycles. The van der Waals surface area contributed by atoms with Crippen LogP contribution in [0.4, 0.5) is 0 Å². The van der Waals surface area contributed by atoms with Gasteiger partial charge in [0.25, 0.3) is 0 Å². The van der Waals surface area contributed by atoms with Crippen molar-refractivity contribution < 1.29 is 0 Å². The van der Waals surface area contributed by atoms with Gasteiger partial charge in [0.1, 0.15) is 11.6 Å². The Morgan fingerprint density at radius 2 is 2.00 bits per heavy atom. The molecule has 0 radical (unpaired) electrons. The molecule has 1 aromatic heterocycles. The van der Waals surface area contributed by atoms with Crippen molar-refractivity contribution in [2.75, 3.05) is 6.54 Å². The molecule has 4 nitrogen and oxygen atoms in total. The van der Waals surface area contributed by atoms with Gasteiger partial charge in [-0.15, -0.1) is 0 Å². The molecular formula is C12H22N4. The predicted octanol–water partition coefficient (Wildman–Crippen LogP) is 1.98. The highest BCUT2D eigenvalue weighted by atomic mass is 15.4. The summed E-state index contributed by atoms with van der Waals surface area (Å²) < 4.78 is 2.11. The average molecular weight is 222 g/mol. The smallest absolute Gasteiger partial charge is 0.147 e. The summed E-state index contributed by atoms with van der Waals surface area (Å²) in [5.41, 5.74) is 5.90. The maximum Gasteiger partial charge on any atom is 0.147 e. The third-order valence-corrected chi connectivity index (χ3v) is 3.64. The van der Waals surface area contributed by atoms with E-state index < -0.39 is 0 Å². The second-order valence-electron chi connectivity index (χ2n) is 4.85. The molecular weight excluding hydrogens is 200 g/mol. The fourth-order valence-corrected chi connectivity index (χ4v) is 2.81. The zero-order valence-electron chi connectivity index (χ0n) is 10.3. The molecule has 1 saturated carbocycles.